The third-order valence-electron chi connectivity index (χ3n) is 2.67. The Kier molecular flexibility index (Phi) is 5.67. The lowest BCUT2D eigenvalue weighted by Crippen LogP contribution is -2.18. The Hall–Kier alpha value is -1.49. The minimum atomic E-state index is -0.381. The molecule has 21 heavy (non-hydrogen) atoms. The molecule has 0 saturated heterocycles. The van der Waals surface area contributed by atoms with Crippen molar-refractivity contribution in [2.75, 3.05) is 6.26 Å². The SMILES string of the molecule is CSc1ccc(/C=N/NC(=O)c2ccc(Cl)cc2Cl)cc1. The second-order valence-corrected chi connectivity index (χ2v) is 5.82. The highest BCUT2D eigenvalue weighted by molar-refractivity contribution is 7.98. The van der Waals surface area contributed by atoms with Gasteiger partial charge in [0.15, 0.2) is 0 Å². The van der Waals surface area contributed by atoms with Crippen LogP contribution in [0.4, 0.5) is 0 Å². The molecule has 0 atom stereocenters. The van der Waals surface area contributed by atoms with Crippen LogP contribution in [0.15, 0.2) is 52.5 Å². The average Bonchev–Trinajstić information content (AvgIpc) is 2.47. The zero-order chi connectivity index (χ0) is 15.2. The molecule has 0 aliphatic heterocycles. The summed E-state index contributed by atoms with van der Waals surface area (Å²) in [7, 11) is 0. The summed E-state index contributed by atoms with van der Waals surface area (Å²) in [5, 5.41) is 4.69. The Morgan fingerprint density at radius 1 is 1.19 bits per heavy atom. The van der Waals surface area contributed by atoms with Gasteiger partial charge in [0, 0.05) is 9.92 Å². The lowest BCUT2D eigenvalue weighted by atomic mass is 10.2. The predicted molar refractivity (Wildman–Crippen MR) is 89.7 cm³/mol. The fourth-order valence-corrected chi connectivity index (χ4v) is 2.49. The molecule has 1 N–H and O–H groups in total. The summed E-state index contributed by atoms with van der Waals surface area (Å²) in [6.45, 7) is 0. The summed E-state index contributed by atoms with van der Waals surface area (Å²) >= 11 is 13.4. The van der Waals surface area contributed by atoms with Crippen molar-refractivity contribution in [3.05, 3.63) is 63.6 Å². The smallest absolute Gasteiger partial charge is 0.267 e. The van der Waals surface area contributed by atoms with E-state index in [0.29, 0.717) is 15.6 Å². The molecule has 2 aromatic rings. The van der Waals surface area contributed by atoms with E-state index in [-0.39, 0.29) is 5.91 Å². The van der Waals surface area contributed by atoms with Crippen LogP contribution in [-0.2, 0) is 0 Å². The highest BCUT2D eigenvalue weighted by Crippen LogP contribution is 2.20. The van der Waals surface area contributed by atoms with E-state index in [1.54, 1.807) is 30.1 Å². The molecule has 0 saturated carbocycles. The largest absolute Gasteiger partial charge is 0.272 e. The van der Waals surface area contributed by atoms with Crippen molar-refractivity contribution in [1.82, 2.24) is 5.43 Å². The molecule has 0 aliphatic rings. The first-order valence-electron chi connectivity index (χ1n) is 6.02. The maximum absolute atomic E-state index is 11.9. The molecule has 0 aliphatic carbocycles. The van der Waals surface area contributed by atoms with E-state index < -0.39 is 0 Å². The fraction of sp³-hybridized carbons (Fsp3) is 0.0667. The Bertz CT molecular complexity index is 672. The van der Waals surface area contributed by atoms with Crippen molar-refractivity contribution in [3.8, 4) is 0 Å². The highest BCUT2D eigenvalue weighted by Gasteiger charge is 2.09. The summed E-state index contributed by atoms with van der Waals surface area (Å²) in [6.07, 6.45) is 3.59. The Labute approximate surface area is 137 Å². The first kappa shape index (κ1) is 15.9. The van der Waals surface area contributed by atoms with Gasteiger partial charge < -0.3 is 0 Å². The van der Waals surface area contributed by atoms with E-state index in [0.717, 1.165) is 5.56 Å². The minimum Gasteiger partial charge on any atom is -0.267 e. The number of hydrazone groups is 1. The van der Waals surface area contributed by atoms with E-state index in [1.165, 1.54) is 11.0 Å². The summed E-state index contributed by atoms with van der Waals surface area (Å²) in [5.41, 5.74) is 3.66. The van der Waals surface area contributed by atoms with Crippen LogP contribution in [-0.4, -0.2) is 18.4 Å². The third kappa shape index (κ3) is 4.49. The zero-order valence-corrected chi connectivity index (χ0v) is 13.5. The second-order valence-electron chi connectivity index (χ2n) is 4.10. The molecule has 6 heteroatoms. The number of thioether (sulfide) groups is 1. The lowest BCUT2D eigenvalue weighted by Gasteiger charge is -2.03. The molecule has 0 bridgehead atoms. The summed E-state index contributed by atoms with van der Waals surface area (Å²) in [6, 6.07) is 12.5. The second kappa shape index (κ2) is 7.50. The van der Waals surface area contributed by atoms with Crippen molar-refractivity contribution < 1.29 is 4.79 Å². The van der Waals surface area contributed by atoms with Gasteiger partial charge in [-0.05, 0) is 42.2 Å². The van der Waals surface area contributed by atoms with Crippen molar-refractivity contribution in [1.29, 1.82) is 0 Å². The zero-order valence-electron chi connectivity index (χ0n) is 11.1. The van der Waals surface area contributed by atoms with E-state index in [9.17, 15) is 4.79 Å². The Morgan fingerprint density at radius 3 is 2.52 bits per heavy atom. The number of amides is 1. The molecule has 2 aromatic carbocycles. The van der Waals surface area contributed by atoms with Gasteiger partial charge in [0.2, 0.25) is 0 Å². The molecule has 2 rings (SSSR count). The molecule has 3 nitrogen and oxygen atoms in total. The van der Waals surface area contributed by atoms with Crippen LogP contribution in [0, 0.1) is 0 Å². The van der Waals surface area contributed by atoms with Crippen LogP contribution in [0.25, 0.3) is 0 Å². The van der Waals surface area contributed by atoms with Gasteiger partial charge in [0.05, 0.1) is 16.8 Å². The van der Waals surface area contributed by atoms with E-state index in [1.807, 2.05) is 30.5 Å². The van der Waals surface area contributed by atoms with Gasteiger partial charge in [-0.15, -0.1) is 11.8 Å². The van der Waals surface area contributed by atoms with Crippen molar-refractivity contribution in [2.45, 2.75) is 4.90 Å². The molecular formula is C15H12Cl2N2OS. The maximum Gasteiger partial charge on any atom is 0.272 e. The number of hydrogen-bond donors (Lipinski definition) is 1. The van der Waals surface area contributed by atoms with Crippen LogP contribution in [0.5, 0.6) is 0 Å². The molecule has 108 valence electrons. The quantitative estimate of drug-likeness (QED) is 0.507. The number of carbonyl (C=O) groups is 1. The third-order valence-corrected chi connectivity index (χ3v) is 3.96. The van der Waals surface area contributed by atoms with E-state index in [4.69, 9.17) is 23.2 Å². The first-order valence-corrected chi connectivity index (χ1v) is 8.01. The topological polar surface area (TPSA) is 41.5 Å². The number of hydrogen-bond acceptors (Lipinski definition) is 3. The number of carbonyl (C=O) groups excluding carboxylic acids is 1. The number of nitrogens with one attached hydrogen (secondary N) is 1. The van der Waals surface area contributed by atoms with Gasteiger partial charge in [-0.25, -0.2) is 5.43 Å². The summed E-state index contributed by atoms with van der Waals surface area (Å²) < 4.78 is 0. The van der Waals surface area contributed by atoms with Gasteiger partial charge in [0.1, 0.15) is 0 Å². The predicted octanol–water partition coefficient (Wildman–Crippen LogP) is 4.48. The van der Waals surface area contributed by atoms with Gasteiger partial charge in [0.25, 0.3) is 5.91 Å². The number of nitrogens with zero attached hydrogens (tertiary/aromatic N) is 1. The molecule has 0 aromatic heterocycles. The van der Waals surface area contributed by atoms with E-state index >= 15 is 0 Å². The van der Waals surface area contributed by atoms with Gasteiger partial charge in [-0.3, -0.25) is 4.79 Å². The normalized spacial score (nSPS) is 10.8. The number of rotatable bonds is 4. The van der Waals surface area contributed by atoms with Crippen molar-refractivity contribution in [2.24, 2.45) is 5.10 Å². The van der Waals surface area contributed by atoms with Crippen LogP contribution in [0.1, 0.15) is 15.9 Å². The van der Waals surface area contributed by atoms with Crippen LogP contribution in [0.2, 0.25) is 10.0 Å². The van der Waals surface area contributed by atoms with Gasteiger partial charge in [-0.2, -0.15) is 5.10 Å². The van der Waals surface area contributed by atoms with Crippen LogP contribution < -0.4 is 5.43 Å². The number of halogens is 2. The van der Waals surface area contributed by atoms with Gasteiger partial charge >= 0.3 is 0 Å². The van der Waals surface area contributed by atoms with Crippen LogP contribution in [0.3, 0.4) is 0 Å². The molecule has 0 heterocycles. The minimum absolute atomic E-state index is 0.291. The Morgan fingerprint density at radius 2 is 1.90 bits per heavy atom. The Balaban J connectivity index is 2.01. The monoisotopic (exact) mass is 338 g/mol. The summed E-state index contributed by atoms with van der Waals surface area (Å²) in [4.78, 5) is 13.1. The fourth-order valence-electron chi connectivity index (χ4n) is 1.59. The van der Waals surface area contributed by atoms with Gasteiger partial charge in [-0.1, -0.05) is 35.3 Å². The average molecular weight is 339 g/mol. The maximum atomic E-state index is 11.9. The highest BCUT2D eigenvalue weighted by atomic mass is 35.5. The van der Waals surface area contributed by atoms with Crippen molar-refractivity contribution in [3.63, 3.8) is 0 Å². The molecule has 0 fully saturated rings. The first-order chi connectivity index (χ1) is 10.1. The van der Waals surface area contributed by atoms with E-state index in [2.05, 4.69) is 10.5 Å². The molecule has 0 radical (unpaired) electrons. The standard InChI is InChI=1S/C15H12Cl2N2OS/c1-21-12-5-2-10(3-6-12)9-18-19-15(20)13-7-4-11(16)8-14(13)17/h2-9H,1H3,(H,19,20)/b18-9+. The summed E-state index contributed by atoms with van der Waals surface area (Å²) in [5.74, 6) is -0.381. The molecule has 1 amide bonds. The van der Waals surface area contributed by atoms with Crippen LogP contribution >= 0.6 is 35.0 Å². The number of benzene rings is 2. The lowest BCUT2D eigenvalue weighted by molar-refractivity contribution is 0.0955. The molecular weight excluding hydrogens is 327 g/mol. The molecule has 0 spiro atoms. The molecule has 0 unspecified atom stereocenters. The van der Waals surface area contributed by atoms with Crippen molar-refractivity contribution >= 4 is 47.1 Å².